The molecule has 1 heterocycles. The van der Waals surface area contributed by atoms with Crippen LogP contribution in [0.2, 0.25) is 0 Å². The maximum Gasteiger partial charge on any atom is 0.158 e. The molecule has 0 N–H and O–H groups in total. The Labute approximate surface area is 106 Å². The van der Waals surface area contributed by atoms with Crippen LogP contribution in [0, 0.1) is 0 Å². The highest BCUT2D eigenvalue weighted by molar-refractivity contribution is 5.02. The quantitative estimate of drug-likeness (QED) is 0.645. The van der Waals surface area contributed by atoms with Gasteiger partial charge in [0.15, 0.2) is 6.29 Å². The van der Waals surface area contributed by atoms with Gasteiger partial charge in [-0.25, -0.2) is 0 Å². The summed E-state index contributed by atoms with van der Waals surface area (Å²) >= 11 is 0. The van der Waals surface area contributed by atoms with Crippen LogP contribution in [0.4, 0.5) is 0 Å². The fourth-order valence-electron chi connectivity index (χ4n) is 1.89. The molecule has 0 aromatic carbocycles. The normalized spacial score (nSPS) is 25.1. The molecule has 2 nitrogen and oxygen atoms in total. The van der Waals surface area contributed by atoms with E-state index in [1.165, 1.54) is 11.1 Å². The SMILES string of the molecule is CC(C)=CCCC(C)=CCCC1OCC(C)O1. The molecule has 0 amide bonds. The van der Waals surface area contributed by atoms with E-state index >= 15 is 0 Å². The number of allylic oxidation sites excluding steroid dienone is 4. The van der Waals surface area contributed by atoms with Gasteiger partial charge in [0.25, 0.3) is 0 Å². The smallest absolute Gasteiger partial charge is 0.158 e. The van der Waals surface area contributed by atoms with Crippen LogP contribution >= 0.6 is 0 Å². The highest BCUT2D eigenvalue weighted by Crippen LogP contribution is 2.17. The van der Waals surface area contributed by atoms with Gasteiger partial charge in [-0.2, -0.15) is 0 Å². The molecule has 0 bridgehead atoms. The summed E-state index contributed by atoms with van der Waals surface area (Å²) in [5.41, 5.74) is 2.87. The third-order valence-corrected chi connectivity index (χ3v) is 2.89. The molecule has 1 rings (SSSR count). The second-order valence-electron chi connectivity index (χ2n) is 5.16. The third kappa shape index (κ3) is 6.64. The van der Waals surface area contributed by atoms with Crippen LogP contribution < -0.4 is 0 Å². The van der Waals surface area contributed by atoms with Gasteiger partial charge >= 0.3 is 0 Å². The van der Waals surface area contributed by atoms with Crippen molar-refractivity contribution in [2.75, 3.05) is 6.61 Å². The fourth-order valence-corrected chi connectivity index (χ4v) is 1.89. The van der Waals surface area contributed by atoms with Gasteiger partial charge in [0.1, 0.15) is 0 Å². The van der Waals surface area contributed by atoms with Crippen LogP contribution in [-0.2, 0) is 9.47 Å². The summed E-state index contributed by atoms with van der Waals surface area (Å²) in [4.78, 5) is 0. The number of rotatable bonds is 6. The lowest BCUT2D eigenvalue weighted by Crippen LogP contribution is -2.08. The predicted molar refractivity (Wildman–Crippen MR) is 71.9 cm³/mol. The maximum absolute atomic E-state index is 5.59. The summed E-state index contributed by atoms with van der Waals surface area (Å²) in [6.07, 6.45) is 9.24. The van der Waals surface area contributed by atoms with Gasteiger partial charge in [0.05, 0.1) is 12.7 Å². The van der Waals surface area contributed by atoms with Gasteiger partial charge in [0, 0.05) is 6.42 Å². The van der Waals surface area contributed by atoms with Crippen LogP contribution in [0.15, 0.2) is 23.3 Å². The van der Waals surface area contributed by atoms with Gasteiger partial charge in [-0.15, -0.1) is 0 Å². The Balaban J connectivity index is 2.13. The van der Waals surface area contributed by atoms with E-state index in [1.807, 2.05) is 0 Å². The highest BCUT2D eigenvalue weighted by atomic mass is 16.7. The van der Waals surface area contributed by atoms with E-state index in [9.17, 15) is 0 Å². The summed E-state index contributed by atoms with van der Waals surface area (Å²) in [5, 5.41) is 0. The molecule has 0 aliphatic carbocycles. The van der Waals surface area contributed by atoms with Crippen LogP contribution in [-0.4, -0.2) is 19.0 Å². The molecule has 0 radical (unpaired) electrons. The lowest BCUT2D eigenvalue weighted by atomic mass is 10.1. The first-order chi connectivity index (χ1) is 8.08. The number of hydrogen-bond donors (Lipinski definition) is 0. The fraction of sp³-hybridized carbons (Fsp3) is 0.733. The standard InChI is InChI=1S/C15H26O2/c1-12(2)7-5-8-13(3)9-6-10-15-16-11-14(4)17-15/h7,9,14-15H,5-6,8,10-11H2,1-4H3. The summed E-state index contributed by atoms with van der Waals surface area (Å²) in [7, 11) is 0. The van der Waals surface area contributed by atoms with Gasteiger partial charge in [-0.05, 0) is 47.0 Å². The Bertz CT molecular complexity index is 275. The van der Waals surface area contributed by atoms with Gasteiger partial charge < -0.3 is 9.47 Å². The Hall–Kier alpha value is -0.600. The summed E-state index contributed by atoms with van der Waals surface area (Å²) in [5.74, 6) is 0. The lowest BCUT2D eigenvalue weighted by Gasteiger charge is -2.08. The largest absolute Gasteiger partial charge is 0.350 e. The average Bonchev–Trinajstić information content (AvgIpc) is 2.63. The molecule has 17 heavy (non-hydrogen) atoms. The molecule has 1 aliphatic rings. The molecule has 1 fully saturated rings. The third-order valence-electron chi connectivity index (χ3n) is 2.89. The van der Waals surface area contributed by atoms with E-state index in [-0.39, 0.29) is 12.4 Å². The minimum atomic E-state index is 0.0202. The monoisotopic (exact) mass is 238 g/mol. The van der Waals surface area contributed by atoms with Crippen molar-refractivity contribution in [1.29, 1.82) is 0 Å². The summed E-state index contributed by atoms with van der Waals surface area (Å²) < 4.78 is 11.1. The Morgan fingerprint density at radius 2 is 1.94 bits per heavy atom. The Morgan fingerprint density at radius 1 is 1.18 bits per heavy atom. The van der Waals surface area contributed by atoms with Crippen molar-refractivity contribution in [3.05, 3.63) is 23.3 Å². The molecule has 0 aromatic heterocycles. The molecular weight excluding hydrogens is 212 g/mol. The Kier molecular flexibility index (Phi) is 6.53. The molecular formula is C15H26O2. The summed E-state index contributed by atoms with van der Waals surface area (Å²) in [6, 6.07) is 0. The second kappa shape index (κ2) is 7.67. The lowest BCUT2D eigenvalue weighted by molar-refractivity contribution is -0.0583. The zero-order chi connectivity index (χ0) is 12.7. The number of ether oxygens (including phenoxy) is 2. The second-order valence-corrected chi connectivity index (χ2v) is 5.16. The van der Waals surface area contributed by atoms with E-state index in [1.54, 1.807) is 0 Å². The zero-order valence-corrected chi connectivity index (χ0v) is 11.7. The molecule has 98 valence electrons. The van der Waals surface area contributed by atoms with Crippen LogP contribution in [0.1, 0.15) is 53.4 Å². The van der Waals surface area contributed by atoms with E-state index in [2.05, 4.69) is 39.8 Å². The molecule has 1 saturated heterocycles. The van der Waals surface area contributed by atoms with E-state index in [0.717, 1.165) is 32.3 Å². The minimum Gasteiger partial charge on any atom is -0.350 e. The van der Waals surface area contributed by atoms with E-state index in [4.69, 9.17) is 9.47 Å². The van der Waals surface area contributed by atoms with Gasteiger partial charge in [-0.3, -0.25) is 0 Å². The first kappa shape index (κ1) is 14.5. The van der Waals surface area contributed by atoms with Crippen molar-refractivity contribution in [2.45, 2.75) is 65.8 Å². The summed E-state index contributed by atoms with van der Waals surface area (Å²) in [6.45, 7) is 9.30. The first-order valence-electron chi connectivity index (χ1n) is 6.64. The minimum absolute atomic E-state index is 0.0202. The van der Waals surface area contributed by atoms with Crippen molar-refractivity contribution < 1.29 is 9.47 Å². The van der Waals surface area contributed by atoms with Crippen molar-refractivity contribution in [3.8, 4) is 0 Å². The molecule has 2 atom stereocenters. The van der Waals surface area contributed by atoms with Crippen molar-refractivity contribution in [3.63, 3.8) is 0 Å². The van der Waals surface area contributed by atoms with Crippen molar-refractivity contribution in [2.24, 2.45) is 0 Å². The average molecular weight is 238 g/mol. The predicted octanol–water partition coefficient (Wildman–Crippen LogP) is 4.22. The molecule has 0 saturated carbocycles. The van der Waals surface area contributed by atoms with E-state index in [0.29, 0.717) is 0 Å². The van der Waals surface area contributed by atoms with Crippen molar-refractivity contribution >= 4 is 0 Å². The number of hydrogen-bond acceptors (Lipinski definition) is 2. The van der Waals surface area contributed by atoms with Gasteiger partial charge in [-0.1, -0.05) is 23.3 Å². The van der Waals surface area contributed by atoms with E-state index < -0.39 is 0 Å². The molecule has 1 aliphatic heterocycles. The van der Waals surface area contributed by atoms with Crippen LogP contribution in [0.25, 0.3) is 0 Å². The molecule has 2 heteroatoms. The molecule has 0 spiro atoms. The molecule has 0 aromatic rings. The van der Waals surface area contributed by atoms with Gasteiger partial charge in [0.2, 0.25) is 0 Å². The van der Waals surface area contributed by atoms with Crippen molar-refractivity contribution in [1.82, 2.24) is 0 Å². The van der Waals surface area contributed by atoms with Crippen LogP contribution in [0.5, 0.6) is 0 Å². The first-order valence-corrected chi connectivity index (χ1v) is 6.64. The maximum atomic E-state index is 5.59. The van der Waals surface area contributed by atoms with Crippen LogP contribution in [0.3, 0.4) is 0 Å². The zero-order valence-electron chi connectivity index (χ0n) is 11.7. The Morgan fingerprint density at radius 3 is 2.53 bits per heavy atom. The molecule has 2 unspecified atom stereocenters. The topological polar surface area (TPSA) is 18.5 Å². The highest BCUT2D eigenvalue weighted by Gasteiger charge is 2.21.